The molecule has 0 saturated carbocycles. The summed E-state index contributed by atoms with van der Waals surface area (Å²) >= 11 is 0. The van der Waals surface area contributed by atoms with Crippen molar-refractivity contribution in [1.29, 1.82) is 10.5 Å². The lowest BCUT2D eigenvalue weighted by Gasteiger charge is -2.44. The molecular weight excluding hydrogens is 354 g/mol. The van der Waals surface area contributed by atoms with E-state index in [4.69, 9.17) is 10.5 Å². The molecule has 1 heterocycles. The van der Waals surface area contributed by atoms with Crippen molar-refractivity contribution in [3.63, 3.8) is 0 Å². The van der Waals surface area contributed by atoms with Crippen LogP contribution in [0.2, 0.25) is 0 Å². The van der Waals surface area contributed by atoms with Gasteiger partial charge in [0, 0.05) is 5.56 Å². The van der Waals surface area contributed by atoms with Crippen LogP contribution in [-0.2, 0) is 6.54 Å². The van der Waals surface area contributed by atoms with Crippen molar-refractivity contribution in [2.45, 2.75) is 38.1 Å². The van der Waals surface area contributed by atoms with Crippen LogP contribution in [0.25, 0.3) is 0 Å². The predicted octanol–water partition coefficient (Wildman–Crippen LogP) is 2.43. The third-order valence-electron chi connectivity index (χ3n) is 4.74. The largest absolute Gasteiger partial charge is 0.485 e. The van der Waals surface area contributed by atoms with Gasteiger partial charge >= 0.3 is 0 Å². The third kappa shape index (κ3) is 3.62. The second kappa shape index (κ2) is 7.59. The molecule has 1 aliphatic heterocycles. The van der Waals surface area contributed by atoms with Crippen LogP contribution in [0.4, 0.5) is 0 Å². The predicted molar refractivity (Wildman–Crippen MR) is 104 cm³/mol. The summed E-state index contributed by atoms with van der Waals surface area (Å²) < 4.78 is 5.89. The number of nitrogens with zero attached hydrogens (tertiary/aromatic N) is 4. The summed E-state index contributed by atoms with van der Waals surface area (Å²) in [6.45, 7) is 3.77. The van der Waals surface area contributed by atoms with Gasteiger partial charge in [-0.3, -0.25) is 0 Å². The van der Waals surface area contributed by atoms with E-state index < -0.39 is 17.7 Å². The van der Waals surface area contributed by atoms with Gasteiger partial charge in [0.1, 0.15) is 23.5 Å². The minimum Gasteiger partial charge on any atom is -0.485 e. The molecule has 28 heavy (non-hydrogen) atoms. The number of fused-ring (bicyclic) bond motifs is 1. The van der Waals surface area contributed by atoms with Gasteiger partial charge in [0.25, 0.3) is 0 Å². The lowest BCUT2D eigenvalue weighted by molar-refractivity contribution is -0.0751. The molecule has 0 aliphatic carbocycles. The van der Waals surface area contributed by atoms with Gasteiger partial charge in [-0.1, -0.05) is 30.3 Å². The quantitative estimate of drug-likeness (QED) is 0.368. The summed E-state index contributed by atoms with van der Waals surface area (Å²) in [7, 11) is 0. The minimum absolute atomic E-state index is 0.0126. The zero-order valence-electron chi connectivity index (χ0n) is 15.7. The van der Waals surface area contributed by atoms with E-state index in [-0.39, 0.29) is 5.96 Å². The Balaban J connectivity index is 2.01. The van der Waals surface area contributed by atoms with Gasteiger partial charge in [0.05, 0.1) is 18.2 Å². The zero-order valence-corrected chi connectivity index (χ0v) is 15.7. The van der Waals surface area contributed by atoms with Crippen LogP contribution < -0.4 is 10.5 Å². The zero-order chi connectivity index (χ0) is 20.3. The number of nitriles is 2. The maximum atomic E-state index is 10.9. The molecule has 7 heteroatoms. The fourth-order valence-corrected chi connectivity index (χ4v) is 3.20. The van der Waals surface area contributed by atoms with Gasteiger partial charge in [-0.15, -0.1) is 0 Å². The highest BCUT2D eigenvalue weighted by Crippen LogP contribution is 2.43. The average Bonchev–Trinajstić information content (AvgIpc) is 2.70. The highest BCUT2D eigenvalue weighted by Gasteiger charge is 2.46. The van der Waals surface area contributed by atoms with E-state index in [2.05, 4.69) is 11.1 Å². The molecule has 0 spiro atoms. The van der Waals surface area contributed by atoms with Crippen molar-refractivity contribution in [3.05, 3.63) is 65.2 Å². The molecule has 0 bridgehead atoms. The molecule has 0 saturated heterocycles. The molecule has 1 aliphatic rings. The smallest absolute Gasteiger partial charge is 0.205 e. The van der Waals surface area contributed by atoms with Gasteiger partial charge < -0.3 is 15.6 Å². The molecule has 0 aromatic heterocycles. The van der Waals surface area contributed by atoms with Crippen molar-refractivity contribution in [3.8, 4) is 18.0 Å². The van der Waals surface area contributed by atoms with Crippen molar-refractivity contribution >= 4 is 5.96 Å². The highest BCUT2D eigenvalue weighted by atomic mass is 16.5. The van der Waals surface area contributed by atoms with Gasteiger partial charge in [0.2, 0.25) is 5.96 Å². The van der Waals surface area contributed by atoms with E-state index >= 15 is 0 Å². The Kier molecular flexibility index (Phi) is 5.21. The number of nitrogens with two attached hydrogens (primary N) is 1. The van der Waals surface area contributed by atoms with Crippen LogP contribution in [-0.4, -0.2) is 27.7 Å². The van der Waals surface area contributed by atoms with Crippen LogP contribution in [0.5, 0.6) is 5.75 Å². The Morgan fingerprint density at radius 1 is 1.25 bits per heavy atom. The summed E-state index contributed by atoms with van der Waals surface area (Å²) in [5.74, 6) is 0.483. The van der Waals surface area contributed by atoms with Crippen LogP contribution >= 0.6 is 0 Å². The maximum Gasteiger partial charge on any atom is 0.205 e. The van der Waals surface area contributed by atoms with Crippen molar-refractivity contribution < 1.29 is 9.84 Å². The number of hydrogen-bond acceptors (Lipinski definition) is 5. The second-order valence-corrected chi connectivity index (χ2v) is 7.09. The summed E-state index contributed by atoms with van der Waals surface area (Å²) in [6.07, 6.45) is 0.963. The van der Waals surface area contributed by atoms with Gasteiger partial charge in [0.15, 0.2) is 6.19 Å². The van der Waals surface area contributed by atoms with Gasteiger partial charge in [-0.05, 0) is 37.6 Å². The fraction of sp³-hybridized carbons (Fsp3) is 0.286. The molecule has 2 aromatic rings. The van der Waals surface area contributed by atoms with Crippen LogP contribution in [0, 0.1) is 22.8 Å². The number of hydrogen-bond donors (Lipinski definition) is 2. The molecule has 0 amide bonds. The molecular formula is C21H21N5O2. The number of guanidine groups is 1. The average molecular weight is 375 g/mol. The van der Waals surface area contributed by atoms with E-state index in [0.29, 0.717) is 23.4 Å². The molecule has 0 fully saturated rings. The number of aliphatic imine (C=N–C) groups is 1. The fourth-order valence-electron chi connectivity index (χ4n) is 3.20. The molecule has 2 atom stereocenters. The van der Waals surface area contributed by atoms with Crippen LogP contribution in [0.15, 0.2) is 53.5 Å². The topological polar surface area (TPSA) is 119 Å². The Hall–Kier alpha value is -3.55. The Morgan fingerprint density at radius 3 is 2.61 bits per heavy atom. The Morgan fingerprint density at radius 2 is 1.96 bits per heavy atom. The highest BCUT2D eigenvalue weighted by molar-refractivity contribution is 5.80. The lowest BCUT2D eigenvalue weighted by Crippen LogP contribution is -2.54. The van der Waals surface area contributed by atoms with E-state index in [1.54, 1.807) is 32.0 Å². The first-order valence-corrected chi connectivity index (χ1v) is 8.81. The Bertz CT molecular complexity index is 973. The maximum absolute atomic E-state index is 10.9. The second-order valence-electron chi connectivity index (χ2n) is 7.09. The van der Waals surface area contributed by atoms with Crippen LogP contribution in [0.3, 0.4) is 0 Å². The molecule has 7 nitrogen and oxygen atoms in total. The SMILES string of the molecule is CC1(C)Oc2ccc(C#N)cc2C(N(C#N)C(N)=NCc2ccccc2)C1O. The summed E-state index contributed by atoms with van der Waals surface area (Å²) in [5.41, 5.74) is 7.03. The number of benzene rings is 2. The van der Waals surface area contributed by atoms with Gasteiger partial charge in [-0.25, -0.2) is 9.89 Å². The number of ether oxygens (including phenoxy) is 1. The normalized spacial score (nSPS) is 20.2. The van der Waals surface area contributed by atoms with E-state index in [0.717, 1.165) is 5.56 Å². The monoisotopic (exact) mass is 375 g/mol. The van der Waals surface area contributed by atoms with E-state index in [1.807, 2.05) is 36.5 Å². The van der Waals surface area contributed by atoms with Gasteiger partial charge in [-0.2, -0.15) is 10.5 Å². The van der Waals surface area contributed by atoms with Crippen molar-refractivity contribution in [2.75, 3.05) is 0 Å². The first kappa shape index (κ1) is 19.2. The molecule has 142 valence electrons. The minimum atomic E-state index is -1.07. The molecule has 2 aromatic carbocycles. The summed E-state index contributed by atoms with van der Waals surface area (Å²) in [5, 5.41) is 29.9. The first-order chi connectivity index (χ1) is 13.4. The van der Waals surface area contributed by atoms with Crippen LogP contribution in [0.1, 0.15) is 36.6 Å². The first-order valence-electron chi connectivity index (χ1n) is 8.81. The number of rotatable bonds is 3. The summed E-state index contributed by atoms with van der Waals surface area (Å²) in [6, 6.07) is 15.7. The van der Waals surface area contributed by atoms with E-state index in [1.165, 1.54) is 4.90 Å². The molecule has 0 radical (unpaired) electrons. The molecule has 2 unspecified atom stereocenters. The Labute approximate surface area is 163 Å². The van der Waals surface area contributed by atoms with Crippen molar-refractivity contribution in [2.24, 2.45) is 10.7 Å². The third-order valence-corrected chi connectivity index (χ3v) is 4.74. The van der Waals surface area contributed by atoms with Crippen molar-refractivity contribution in [1.82, 2.24) is 4.90 Å². The standard InChI is InChI=1S/C21H21N5O2/c1-21(2)19(27)18(16-10-15(11-22)8-9-17(16)28-21)26(13-23)20(24)25-12-14-6-4-3-5-7-14/h3-10,18-19,27H,12H2,1-2H3,(H2,24,25). The van der Waals surface area contributed by atoms with E-state index in [9.17, 15) is 15.6 Å². The molecule has 3 N–H and O–H groups in total. The number of aliphatic hydroxyl groups excluding tert-OH is 1. The number of aliphatic hydroxyl groups is 1. The lowest BCUT2D eigenvalue weighted by atomic mass is 9.85. The summed E-state index contributed by atoms with van der Waals surface area (Å²) in [4.78, 5) is 5.50. The molecule has 3 rings (SSSR count).